The highest BCUT2D eigenvalue weighted by atomic mass is 16.5. The summed E-state index contributed by atoms with van der Waals surface area (Å²) in [4.78, 5) is 2.67. The van der Waals surface area contributed by atoms with Gasteiger partial charge < -0.3 is 4.74 Å². The Labute approximate surface area is 107 Å². The predicted molar refractivity (Wildman–Crippen MR) is 72.3 cm³/mol. The smallest absolute Gasteiger partial charge is 0.0681 e. The summed E-state index contributed by atoms with van der Waals surface area (Å²) >= 11 is 0. The minimum atomic E-state index is 0.427. The second-order valence-electron chi connectivity index (χ2n) is 6.14. The largest absolute Gasteiger partial charge is 0.377 e. The second-order valence-corrected chi connectivity index (χ2v) is 6.14. The molecule has 2 aliphatic heterocycles. The van der Waals surface area contributed by atoms with Crippen molar-refractivity contribution < 1.29 is 4.74 Å². The van der Waals surface area contributed by atoms with Crippen LogP contribution in [0.3, 0.4) is 0 Å². The molecular formula is C15H29NO. The van der Waals surface area contributed by atoms with Crippen LogP contribution < -0.4 is 0 Å². The van der Waals surface area contributed by atoms with Crippen LogP contribution >= 0.6 is 0 Å². The highest BCUT2D eigenvalue weighted by Gasteiger charge is 2.53. The summed E-state index contributed by atoms with van der Waals surface area (Å²) in [6.45, 7) is 6.58. The van der Waals surface area contributed by atoms with Crippen molar-refractivity contribution in [3.63, 3.8) is 0 Å². The van der Waals surface area contributed by atoms with Crippen LogP contribution in [0.15, 0.2) is 0 Å². The maximum Gasteiger partial charge on any atom is 0.0681 e. The van der Waals surface area contributed by atoms with Gasteiger partial charge in [0.1, 0.15) is 0 Å². The molecule has 2 unspecified atom stereocenters. The Hall–Kier alpha value is -0.0800. The van der Waals surface area contributed by atoms with E-state index in [-0.39, 0.29) is 0 Å². The molecule has 17 heavy (non-hydrogen) atoms. The van der Waals surface area contributed by atoms with E-state index in [0.29, 0.717) is 5.54 Å². The molecule has 0 radical (unpaired) electrons. The molecule has 2 fully saturated rings. The Morgan fingerprint density at radius 1 is 1.12 bits per heavy atom. The fraction of sp³-hybridized carbons (Fsp3) is 1.00. The first kappa shape index (κ1) is 13.4. The van der Waals surface area contributed by atoms with E-state index >= 15 is 0 Å². The number of ether oxygens (including phenoxy) is 1. The van der Waals surface area contributed by atoms with E-state index in [1.54, 1.807) is 0 Å². The van der Waals surface area contributed by atoms with Crippen molar-refractivity contribution in [2.45, 2.75) is 70.4 Å². The molecule has 2 nitrogen and oxygen atoms in total. The van der Waals surface area contributed by atoms with Gasteiger partial charge in [0.2, 0.25) is 0 Å². The normalized spacial score (nSPS) is 31.9. The molecule has 2 aliphatic rings. The Balaban J connectivity index is 1.94. The van der Waals surface area contributed by atoms with Gasteiger partial charge in [-0.2, -0.15) is 0 Å². The van der Waals surface area contributed by atoms with Gasteiger partial charge in [0.05, 0.1) is 18.8 Å². The van der Waals surface area contributed by atoms with Gasteiger partial charge in [-0.1, -0.05) is 39.5 Å². The summed E-state index contributed by atoms with van der Waals surface area (Å²) in [5.41, 5.74) is 0.427. The summed E-state index contributed by atoms with van der Waals surface area (Å²) in [6.07, 6.45) is 9.66. The lowest BCUT2D eigenvalue weighted by Gasteiger charge is -2.45. The fourth-order valence-corrected chi connectivity index (χ4v) is 3.79. The second kappa shape index (κ2) is 5.71. The van der Waals surface area contributed by atoms with Crippen molar-refractivity contribution in [2.75, 3.05) is 20.3 Å². The van der Waals surface area contributed by atoms with Crippen LogP contribution in [-0.4, -0.2) is 36.7 Å². The van der Waals surface area contributed by atoms with Crippen LogP contribution in [0.25, 0.3) is 0 Å². The number of rotatable bonds is 6. The maximum atomic E-state index is 5.49. The topological polar surface area (TPSA) is 12.5 Å². The Morgan fingerprint density at radius 2 is 1.88 bits per heavy atom. The van der Waals surface area contributed by atoms with Crippen LogP contribution in [0.4, 0.5) is 0 Å². The van der Waals surface area contributed by atoms with Crippen molar-refractivity contribution in [1.82, 2.24) is 4.90 Å². The first-order valence-corrected chi connectivity index (χ1v) is 7.54. The molecule has 2 heteroatoms. The minimum absolute atomic E-state index is 0.427. The summed E-state index contributed by atoms with van der Waals surface area (Å²) in [6, 6.07) is 0.824. The summed E-state index contributed by atoms with van der Waals surface area (Å²) in [5, 5.41) is 0. The molecule has 0 aliphatic carbocycles. The molecule has 0 amide bonds. The van der Waals surface area contributed by atoms with Crippen LogP contribution in [0.2, 0.25) is 0 Å². The lowest BCUT2D eigenvalue weighted by atomic mass is 9.86. The fourth-order valence-electron chi connectivity index (χ4n) is 3.79. The zero-order valence-corrected chi connectivity index (χ0v) is 11.9. The molecular weight excluding hydrogens is 210 g/mol. The van der Waals surface area contributed by atoms with E-state index in [2.05, 4.69) is 25.8 Å². The van der Waals surface area contributed by atoms with Crippen LogP contribution in [0.5, 0.6) is 0 Å². The molecule has 2 rings (SSSR count). The van der Waals surface area contributed by atoms with Crippen molar-refractivity contribution in [3.8, 4) is 0 Å². The molecule has 0 aromatic rings. The molecule has 2 heterocycles. The van der Waals surface area contributed by atoms with Gasteiger partial charge in [-0.15, -0.1) is 0 Å². The predicted octanol–water partition coefficient (Wildman–Crippen LogP) is 3.46. The van der Waals surface area contributed by atoms with Gasteiger partial charge >= 0.3 is 0 Å². The van der Waals surface area contributed by atoms with Gasteiger partial charge in [-0.05, 0) is 32.2 Å². The van der Waals surface area contributed by atoms with Crippen molar-refractivity contribution in [1.29, 1.82) is 0 Å². The number of unbranched alkanes of at least 4 members (excludes halogenated alkanes) is 2. The molecule has 0 saturated carbocycles. The van der Waals surface area contributed by atoms with E-state index in [1.807, 2.05) is 0 Å². The third kappa shape index (κ3) is 2.53. The van der Waals surface area contributed by atoms with Gasteiger partial charge in [-0.3, -0.25) is 4.90 Å². The molecule has 100 valence electrons. The lowest BCUT2D eigenvalue weighted by molar-refractivity contribution is -0.122. The average molecular weight is 239 g/mol. The van der Waals surface area contributed by atoms with Gasteiger partial charge in [0, 0.05) is 6.04 Å². The molecule has 0 N–H and O–H groups in total. The highest BCUT2D eigenvalue weighted by Crippen LogP contribution is 2.44. The third-order valence-corrected chi connectivity index (χ3v) is 4.94. The summed E-state index contributed by atoms with van der Waals surface area (Å²) in [7, 11) is 2.34. The van der Waals surface area contributed by atoms with Crippen LogP contribution in [-0.2, 0) is 4.74 Å². The zero-order valence-electron chi connectivity index (χ0n) is 11.9. The first-order valence-electron chi connectivity index (χ1n) is 7.54. The SMILES string of the molecule is CCCCCC1C(CCC)CC2(COC2)N1C. The number of nitrogens with zero attached hydrogens (tertiary/aromatic N) is 1. The maximum absolute atomic E-state index is 5.49. The highest BCUT2D eigenvalue weighted by molar-refractivity contribution is 5.06. The molecule has 2 atom stereocenters. The van der Waals surface area contributed by atoms with Crippen molar-refractivity contribution >= 4 is 0 Å². The van der Waals surface area contributed by atoms with E-state index < -0.39 is 0 Å². The van der Waals surface area contributed by atoms with Gasteiger partial charge in [0.25, 0.3) is 0 Å². The van der Waals surface area contributed by atoms with Crippen LogP contribution in [0.1, 0.15) is 58.8 Å². The Kier molecular flexibility index (Phi) is 4.48. The quantitative estimate of drug-likeness (QED) is 0.658. The third-order valence-electron chi connectivity index (χ3n) is 4.94. The molecule has 0 aromatic heterocycles. The number of likely N-dealkylation sites (tertiary alicyclic amines) is 1. The van der Waals surface area contributed by atoms with E-state index in [1.165, 1.54) is 44.9 Å². The first-order chi connectivity index (χ1) is 8.23. The summed E-state index contributed by atoms with van der Waals surface area (Å²) in [5.74, 6) is 0.922. The van der Waals surface area contributed by atoms with Crippen molar-refractivity contribution in [2.24, 2.45) is 5.92 Å². The van der Waals surface area contributed by atoms with E-state index in [4.69, 9.17) is 4.74 Å². The zero-order chi connectivity index (χ0) is 12.3. The molecule has 2 saturated heterocycles. The van der Waals surface area contributed by atoms with Gasteiger partial charge in [0.15, 0.2) is 0 Å². The number of hydrogen-bond acceptors (Lipinski definition) is 2. The van der Waals surface area contributed by atoms with Crippen LogP contribution in [0, 0.1) is 5.92 Å². The minimum Gasteiger partial charge on any atom is -0.377 e. The van der Waals surface area contributed by atoms with Crippen molar-refractivity contribution in [3.05, 3.63) is 0 Å². The summed E-state index contributed by atoms with van der Waals surface area (Å²) < 4.78 is 5.49. The number of likely N-dealkylation sites (N-methyl/N-ethyl adjacent to an activating group) is 1. The lowest BCUT2D eigenvalue weighted by Crippen LogP contribution is -2.58. The Morgan fingerprint density at radius 3 is 2.41 bits per heavy atom. The van der Waals surface area contributed by atoms with E-state index in [0.717, 1.165) is 25.2 Å². The average Bonchev–Trinajstić information content (AvgIpc) is 2.54. The standard InChI is InChI=1S/C15H29NO/c1-4-6-7-9-14-13(8-5-2)10-15(16(14)3)11-17-12-15/h13-14H,4-12H2,1-3H3. The van der Waals surface area contributed by atoms with E-state index in [9.17, 15) is 0 Å². The monoisotopic (exact) mass is 239 g/mol. The molecule has 1 spiro atoms. The Bertz CT molecular complexity index is 237. The molecule has 0 bridgehead atoms. The molecule has 0 aromatic carbocycles. The number of hydrogen-bond donors (Lipinski definition) is 0. The van der Waals surface area contributed by atoms with Gasteiger partial charge in [-0.25, -0.2) is 0 Å².